The molecule has 0 radical (unpaired) electrons. The lowest BCUT2D eigenvalue weighted by molar-refractivity contribution is -0.143. The molecule has 3 nitrogen and oxygen atoms in total. The Kier molecular flexibility index (Phi) is 1.29. The largest absolute Gasteiger partial charge is 0.465 e. The minimum atomic E-state index is -0.392. The number of rotatable bonds is 0. The van der Waals surface area contributed by atoms with Crippen LogP contribution in [-0.4, -0.2) is 28.6 Å². The summed E-state index contributed by atoms with van der Waals surface area (Å²) in [6.45, 7) is 0.396. The number of hydrogen-bond acceptors (Lipinski definition) is 3. The van der Waals surface area contributed by atoms with Crippen LogP contribution in [0.5, 0.6) is 0 Å². The van der Waals surface area contributed by atoms with E-state index in [1.165, 1.54) is 0 Å². The van der Waals surface area contributed by atoms with Crippen molar-refractivity contribution in [2.45, 2.75) is 10.9 Å². The molecular formula is C6H7BrO3. The van der Waals surface area contributed by atoms with Crippen LogP contribution in [0.4, 0.5) is 0 Å². The average Bonchev–Trinajstić information content (AvgIpc) is 2.27. The Morgan fingerprint density at radius 1 is 1.70 bits per heavy atom. The van der Waals surface area contributed by atoms with E-state index in [0.717, 1.165) is 0 Å². The number of carbonyl (C=O) groups excluding carboxylic acids is 1. The summed E-state index contributed by atoms with van der Waals surface area (Å²) in [4.78, 5) is 10.8. The molecule has 0 unspecified atom stereocenters. The molecular weight excluding hydrogens is 200 g/mol. The van der Waals surface area contributed by atoms with E-state index < -0.39 is 6.10 Å². The van der Waals surface area contributed by atoms with E-state index >= 15 is 0 Å². The third-order valence-corrected chi connectivity index (χ3v) is 3.37. The fourth-order valence-electron chi connectivity index (χ4n) is 1.53. The highest BCUT2D eigenvalue weighted by Crippen LogP contribution is 2.44. The standard InChI is InChI=1S/C6H7BrO3/c7-4-3-2(5(4)8)1-10-6(3)9/h2-5,8H,1H2/t2-,3+,4+,5+/m1/s1. The summed E-state index contributed by atoms with van der Waals surface area (Å²) in [6.07, 6.45) is -0.392. The first kappa shape index (κ1) is 6.61. The molecule has 0 aromatic rings. The first-order chi connectivity index (χ1) is 4.72. The quantitative estimate of drug-likeness (QED) is 0.446. The minimum Gasteiger partial charge on any atom is -0.465 e. The zero-order valence-electron chi connectivity index (χ0n) is 5.16. The molecule has 1 N–H and O–H groups in total. The number of alkyl halides is 1. The van der Waals surface area contributed by atoms with Crippen LogP contribution in [0, 0.1) is 11.8 Å². The summed E-state index contributed by atoms with van der Waals surface area (Å²) in [5.74, 6) is -0.205. The van der Waals surface area contributed by atoms with Crippen LogP contribution in [0.15, 0.2) is 0 Å². The van der Waals surface area contributed by atoms with Gasteiger partial charge in [0.2, 0.25) is 0 Å². The van der Waals surface area contributed by atoms with E-state index in [-0.39, 0.29) is 22.6 Å². The molecule has 4 atom stereocenters. The van der Waals surface area contributed by atoms with E-state index in [1.807, 2.05) is 0 Å². The lowest BCUT2D eigenvalue weighted by Crippen LogP contribution is -2.52. The summed E-state index contributed by atoms with van der Waals surface area (Å²) in [7, 11) is 0. The van der Waals surface area contributed by atoms with Crippen LogP contribution in [0.25, 0.3) is 0 Å². The van der Waals surface area contributed by atoms with Gasteiger partial charge >= 0.3 is 5.97 Å². The van der Waals surface area contributed by atoms with Gasteiger partial charge in [0, 0.05) is 5.92 Å². The first-order valence-corrected chi connectivity index (χ1v) is 4.12. The van der Waals surface area contributed by atoms with Crippen molar-refractivity contribution in [3.05, 3.63) is 0 Å². The van der Waals surface area contributed by atoms with E-state index in [9.17, 15) is 9.90 Å². The Labute approximate surface area is 66.5 Å². The monoisotopic (exact) mass is 206 g/mol. The second-order valence-corrected chi connectivity index (χ2v) is 3.81. The lowest BCUT2D eigenvalue weighted by Gasteiger charge is -2.38. The highest BCUT2D eigenvalue weighted by molar-refractivity contribution is 9.09. The van der Waals surface area contributed by atoms with Crippen LogP contribution in [0.2, 0.25) is 0 Å². The zero-order chi connectivity index (χ0) is 7.30. The first-order valence-electron chi connectivity index (χ1n) is 3.20. The summed E-state index contributed by atoms with van der Waals surface area (Å²) in [5, 5.41) is 9.23. The van der Waals surface area contributed by atoms with Crippen molar-refractivity contribution in [3.63, 3.8) is 0 Å². The Hall–Kier alpha value is -0.0900. The molecule has 10 heavy (non-hydrogen) atoms. The van der Waals surface area contributed by atoms with Gasteiger partial charge in [-0.3, -0.25) is 4.79 Å². The van der Waals surface area contributed by atoms with Gasteiger partial charge in [0.1, 0.15) is 0 Å². The molecule has 0 bridgehead atoms. The van der Waals surface area contributed by atoms with E-state index in [4.69, 9.17) is 4.74 Å². The molecule has 1 aliphatic heterocycles. The number of fused-ring (bicyclic) bond motifs is 1. The smallest absolute Gasteiger partial charge is 0.310 e. The van der Waals surface area contributed by atoms with Gasteiger partial charge in [0.05, 0.1) is 23.5 Å². The molecule has 0 amide bonds. The molecule has 4 heteroatoms. The van der Waals surface area contributed by atoms with Gasteiger partial charge in [-0.25, -0.2) is 0 Å². The molecule has 1 heterocycles. The van der Waals surface area contributed by atoms with E-state index in [1.54, 1.807) is 0 Å². The van der Waals surface area contributed by atoms with Crippen molar-refractivity contribution in [2.75, 3.05) is 6.61 Å². The maximum Gasteiger partial charge on any atom is 0.310 e. The lowest BCUT2D eigenvalue weighted by atomic mass is 9.73. The fraction of sp³-hybridized carbons (Fsp3) is 0.833. The Morgan fingerprint density at radius 2 is 2.40 bits per heavy atom. The predicted octanol–water partition coefficient (Wildman–Crippen LogP) is -0.0864. The molecule has 2 aliphatic rings. The van der Waals surface area contributed by atoms with Gasteiger partial charge in [-0.2, -0.15) is 0 Å². The van der Waals surface area contributed by atoms with Crippen LogP contribution in [-0.2, 0) is 9.53 Å². The zero-order valence-corrected chi connectivity index (χ0v) is 6.74. The van der Waals surface area contributed by atoms with Crippen LogP contribution >= 0.6 is 15.9 Å². The van der Waals surface area contributed by atoms with Crippen molar-refractivity contribution in [1.29, 1.82) is 0 Å². The van der Waals surface area contributed by atoms with Crippen molar-refractivity contribution in [3.8, 4) is 0 Å². The molecule has 1 aliphatic carbocycles. The van der Waals surface area contributed by atoms with Crippen LogP contribution < -0.4 is 0 Å². The third-order valence-electron chi connectivity index (χ3n) is 2.26. The van der Waals surface area contributed by atoms with Gasteiger partial charge in [-0.1, -0.05) is 15.9 Å². The third kappa shape index (κ3) is 0.609. The number of cyclic esters (lactones) is 1. The van der Waals surface area contributed by atoms with Crippen LogP contribution in [0.3, 0.4) is 0 Å². The number of aliphatic hydroxyl groups excluding tert-OH is 1. The van der Waals surface area contributed by atoms with Gasteiger partial charge in [0.15, 0.2) is 0 Å². The normalized spacial score (nSPS) is 51.6. The number of carbonyl (C=O) groups is 1. The average molecular weight is 207 g/mol. The van der Waals surface area contributed by atoms with E-state index in [0.29, 0.717) is 6.61 Å². The molecule has 0 aromatic heterocycles. The minimum absolute atomic E-state index is 0.0527. The number of ether oxygens (including phenoxy) is 1. The van der Waals surface area contributed by atoms with Gasteiger partial charge in [0.25, 0.3) is 0 Å². The van der Waals surface area contributed by atoms with Crippen molar-refractivity contribution in [2.24, 2.45) is 11.8 Å². The second-order valence-electron chi connectivity index (χ2n) is 2.75. The Morgan fingerprint density at radius 3 is 3.00 bits per heavy atom. The Balaban J connectivity index is 2.16. The number of esters is 1. The van der Waals surface area contributed by atoms with Gasteiger partial charge < -0.3 is 9.84 Å². The number of halogens is 1. The molecule has 1 saturated carbocycles. The van der Waals surface area contributed by atoms with E-state index in [2.05, 4.69) is 15.9 Å². The molecule has 1 saturated heterocycles. The van der Waals surface area contributed by atoms with Crippen LogP contribution in [0.1, 0.15) is 0 Å². The van der Waals surface area contributed by atoms with Gasteiger partial charge in [-0.05, 0) is 0 Å². The molecule has 56 valence electrons. The number of aliphatic hydroxyl groups is 1. The SMILES string of the molecule is O=C1OC[C@H]2[C@H](O)[C@@H](Br)[C@@H]12. The summed E-state index contributed by atoms with van der Waals surface area (Å²) >= 11 is 3.22. The summed E-state index contributed by atoms with van der Waals surface area (Å²) < 4.78 is 4.75. The highest BCUT2D eigenvalue weighted by atomic mass is 79.9. The maximum atomic E-state index is 10.8. The second kappa shape index (κ2) is 1.95. The fourth-order valence-corrected chi connectivity index (χ4v) is 2.53. The van der Waals surface area contributed by atoms with Crippen molar-refractivity contribution in [1.82, 2.24) is 0 Å². The maximum absolute atomic E-state index is 10.8. The van der Waals surface area contributed by atoms with Crippen molar-refractivity contribution < 1.29 is 14.6 Å². The predicted molar refractivity (Wildman–Crippen MR) is 36.7 cm³/mol. The molecule has 2 fully saturated rings. The number of hydrogen-bond donors (Lipinski definition) is 1. The topological polar surface area (TPSA) is 46.5 Å². The molecule has 0 spiro atoms. The highest BCUT2D eigenvalue weighted by Gasteiger charge is 2.57. The molecule has 0 aromatic carbocycles. The van der Waals surface area contributed by atoms with Gasteiger partial charge in [-0.15, -0.1) is 0 Å². The summed E-state index contributed by atoms with van der Waals surface area (Å²) in [6, 6.07) is 0. The Bertz CT molecular complexity index is 182. The van der Waals surface area contributed by atoms with Crippen molar-refractivity contribution >= 4 is 21.9 Å². The summed E-state index contributed by atoms with van der Waals surface area (Å²) in [5.41, 5.74) is 0. The molecule has 2 rings (SSSR count).